The normalized spacial score (nSPS) is 18.6. The molecule has 0 spiro atoms. The molecule has 0 radical (unpaired) electrons. The molecular formula is C27H36F3NO. The Labute approximate surface area is 190 Å². The van der Waals surface area contributed by atoms with E-state index in [9.17, 15) is 13.2 Å². The van der Waals surface area contributed by atoms with Crippen LogP contribution in [0.1, 0.15) is 94.6 Å². The summed E-state index contributed by atoms with van der Waals surface area (Å²) in [6, 6.07) is 9.47. The Hall–Kier alpha value is -2.04. The Morgan fingerprint density at radius 3 is 2.28 bits per heavy atom. The molecule has 0 atom stereocenters. The Kier molecular flexibility index (Phi) is 9.89. The first-order valence-electron chi connectivity index (χ1n) is 12.3. The lowest BCUT2D eigenvalue weighted by Gasteiger charge is -2.29. The summed E-state index contributed by atoms with van der Waals surface area (Å²) in [5.74, 6) is -1.37. The fourth-order valence-electron chi connectivity index (χ4n) is 4.71. The van der Waals surface area contributed by atoms with E-state index in [4.69, 9.17) is 4.74 Å². The van der Waals surface area contributed by atoms with Crippen molar-refractivity contribution >= 4 is 0 Å². The van der Waals surface area contributed by atoms with Gasteiger partial charge in [0.25, 0.3) is 5.95 Å². The van der Waals surface area contributed by atoms with E-state index in [0.717, 1.165) is 56.9 Å². The summed E-state index contributed by atoms with van der Waals surface area (Å²) in [7, 11) is 0. The third-order valence-corrected chi connectivity index (χ3v) is 6.75. The van der Waals surface area contributed by atoms with Crippen molar-refractivity contribution in [1.82, 2.24) is 4.98 Å². The molecule has 5 heteroatoms. The van der Waals surface area contributed by atoms with Gasteiger partial charge in [-0.15, -0.1) is 0 Å². The maximum absolute atomic E-state index is 13.7. The fraction of sp³-hybridized carbons (Fsp3) is 0.593. The van der Waals surface area contributed by atoms with Crippen LogP contribution in [0.5, 0.6) is 5.75 Å². The van der Waals surface area contributed by atoms with E-state index in [-0.39, 0.29) is 5.56 Å². The number of ether oxygens (including phenoxy) is 1. The van der Waals surface area contributed by atoms with Gasteiger partial charge < -0.3 is 4.74 Å². The molecule has 176 valence electrons. The SMILES string of the molecule is CCCCCCCCOc1ccc(C2CCC(CCc3cc(F)c(F)nc3F)CC2)cc1. The number of hydrogen-bond donors (Lipinski definition) is 0. The van der Waals surface area contributed by atoms with Crippen molar-refractivity contribution in [3.63, 3.8) is 0 Å². The van der Waals surface area contributed by atoms with Crippen molar-refractivity contribution in [2.45, 2.75) is 89.9 Å². The Balaban J connectivity index is 1.36. The van der Waals surface area contributed by atoms with Crippen LogP contribution in [0.25, 0.3) is 0 Å². The molecule has 0 N–H and O–H groups in total. The predicted molar refractivity (Wildman–Crippen MR) is 122 cm³/mol. The molecule has 0 amide bonds. The van der Waals surface area contributed by atoms with E-state index in [1.54, 1.807) is 0 Å². The zero-order chi connectivity index (χ0) is 22.8. The lowest BCUT2D eigenvalue weighted by molar-refractivity contribution is 0.302. The van der Waals surface area contributed by atoms with Crippen molar-refractivity contribution < 1.29 is 17.9 Å². The Morgan fingerprint density at radius 1 is 0.875 bits per heavy atom. The summed E-state index contributed by atoms with van der Waals surface area (Å²) in [4.78, 5) is 3.02. The van der Waals surface area contributed by atoms with Crippen molar-refractivity contribution in [2.24, 2.45) is 5.92 Å². The van der Waals surface area contributed by atoms with Crippen molar-refractivity contribution in [3.05, 3.63) is 59.2 Å². The number of rotatable bonds is 12. The molecule has 0 saturated heterocycles. The number of hydrogen-bond acceptors (Lipinski definition) is 2. The Morgan fingerprint density at radius 2 is 1.56 bits per heavy atom. The average Bonchev–Trinajstić information content (AvgIpc) is 2.81. The van der Waals surface area contributed by atoms with Gasteiger partial charge in [-0.25, -0.2) is 4.39 Å². The van der Waals surface area contributed by atoms with Gasteiger partial charge in [-0.3, -0.25) is 0 Å². The maximum atomic E-state index is 13.7. The van der Waals surface area contributed by atoms with E-state index in [2.05, 4.69) is 36.2 Å². The van der Waals surface area contributed by atoms with Crippen LogP contribution < -0.4 is 4.74 Å². The van der Waals surface area contributed by atoms with Crippen molar-refractivity contribution in [1.29, 1.82) is 0 Å². The fourth-order valence-corrected chi connectivity index (χ4v) is 4.71. The standard InChI is InChI=1S/C27H36F3NO/c1-2-3-4-5-6-7-18-32-24-16-14-22(15-17-24)21-11-8-20(9-12-21)10-13-23-19-25(28)27(30)31-26(23)29/h14-17,19-21H,2-13,18H2,1H3. The number of pyridine rings is 1. The molecule has 3 rings (SSSR count). The van der Waals surface area contributed by atoms with Gasteiger partial charge in [0, 0.05) is 5.56 Å². The van der Waals surface area contributed by atoms with E-state index < -0.39 is 17.7 Å². The highest BCUT2D eigenvalue weighted by molar-refractivity contribution is 5.29. The van der Waals surface area contributed by atoms with Crippen LogP contribution in [0.2, 0.25) is 0 Å². The quantitative estimate of drug-likeness (QED) is 0.242. The summed E-state index contributed by atoms with van der Waals surface area (Å²) in [5, 5.41) is 0. The first-order valence-corrected chi connectivity index (χ1v) is 12.3. The highest BCUT2D eigenvalue weighted by Crippen LogP contribution is 2.38. The van der Waals surface area contributed by atoms with Crippen LogP contribution in [0.4, 0.5) is 13.2 Å². The summed E-state index contributed by atoms with van der Waals surface area (Å²) in [5.41, 5.74) is 1.52. The minimum absolute atomic E-state index is 0.169. The smallest absolute Gasteiger partial charge is 0.251 e. The van der Waals surface area contributed by atoms with Gasteiger partial charge in [-0.1, -0.05) is 51.2 Å². The van der Waals surface area contributed by atoms with Gasteiger partial charge in [0.15, 0.2) is 5.82 Å². The lowest BCUT2D eigenvalue weighted by Crippen LogP contribution is -2.14. The minimum atomic E-state index is -1.37. The summed E-state index contributed by atoms with van der Waals surface area (Å²) in [6.45, 7) is 3.02. The van der Waals surface area contributed by atoms with E-state index in [1.807, 2.05) is 0 Å². The molecule has 0 aliphatic heterocycles. The van der Waals surface area contributed by atoms with Crippen LogP contribution >= 0.6 is 0 Å². The summed E-state index contributed by atoms with van der Waals surface area (Å²) in [6.07, 6.45) is 13.1. The molecule has 1 saturated carbocycles. The molecule has 1 aromatic heterocycles. The second kappa shape index (κ2) is 12.9. The molecule has 1 aliphatic rings. The molecule has 0 unspecified atom stereocenters. The van der Waals surface area contributed by atoms with Gasteiger partial charge in [0.05, 0.1) is 6.61 Å². The zero-order valence-corrected chi connectivity index (χ0v) is 19.2. The second-order valence-corrected chi connectivity index (χ2v) is 9.15. The number of halogens is 3. The monoisotopic (exact) mass is 447 g/mol. The molecule has 2 nitrogen and oxygen atoms in total. The molecule has 1 aromatic carbocycles. The largest absolute Gasteiger partial charge is 0.494 e. The highest BCUT2D eigenvalue weighted by Gasteiger charge is 2.23. The Bertz CT molecular complexity index is 816. The molecule has 2 aromatic rings. The third kappa shape index (κ3) is 7.53. The molecule has 1 fully saturated rings. The summed E-state index contributed by atoms with van der Waals surface area (Å²) >= 11 is 0. The first kappa shape index (κ1) is 24.6. The van der Waals surface area contributed by atoms with Crippen molar-refractivity contribution in [3.8, 4) is 5.75 Å². The van der Waals surface area contributed by atoms with Crippen LogP contribution in [-0.2, 0) is 6.42 Å². The van der Waals surface area contributed by atoms with Crippen LogP contribution in [0.3, 0.4) is 0 Å². The average molecular weight is 448 g/mol. The number of aryl methyl sites for hydroxylation is 1. The third-order valence-electron chi connectivity index (χ3n) is 6.75. The van der Waals surface area contributed by atoms with Gasteiger partial charge >= 0.3 is 0 Å². The molecule has 1 heterocycles. The lowest BCUT2D eigenvalue weighted by atomic mass is 9.77. The van der Waals surface area contributed by atoms with Crippen LogP contribution in [0, 0.1) is 23.6 Å². The summed E-state index contributed by atoms with van der Waals surface area (Å²) < 4.78 is 45.9. The first-order chi connectivity index (χ1) is 15.6. The number of unbranched alkanes of at least 4 members (excludes halogenated alkanes) is 5. The van der Waals surface area contributed by atoms with E-state index in [0.29, 0.717) is 18.3 Å². The van der Waals surface area contributed by atoms with Crippen LogP contribution in [0.15, 0.2) is 30.3 Å². The van der Waals surface area contributed by atoms with Gasteiger partial charge in [-0.2, -0.15) is 13.8 Å². The van der Waals surface area contributed by atoms with Crippen molar-refractivity contribution in [2.75, 3.05) is 6.61 Å². The highest BCUT2D eigenvalue weighted by atomic mass is 19.2. The van der Waals surface area contributed by atoms with E-state index >= 15 is 0 Å². The van der Waals surface area contributed by atoms with E-state index in [1.165, 1.54) is 37.7 Å². The van der Waals surface area contributed by atoms with Gasteiger partial charge in [-0.05, 0) is 80.5 Å². The predicted octanol–water partition coefficient (Wildman–Crippen LogP) is 8.14. The zero-order valence-electron chi connectivity index (χ0n) is 19.2. The second-order valence-electron chi connectivity index (χ2n) is 9.15. The number of benzene rings is 1. The van der Waals surface area contributed by atoms with Gasteiger partial charge in [0.2, 0.25) is 5.95 Å². The molecule has 32 heavy (non-hydrogen) atoms. The minimum Gasteiger partial charge on any atom is -0.494 e. The van der Waals surface area contributed by atoms with Gasteiger partial charge in [0.1, 0.15) is 5.75 Å². The molecular weight excluding hydrogens is 411 g/mol. The molecule has 0 bridgehead atoms. The number of nitrogens with zero attached hydrogens (tertiary/aromatic N) is 1. The number of aromatic nitrogens is 1. The molecule has 1 aliphatic carbocycles. The topological polar surface area (TPSA) is 22.1 Å². The van der Waals surface area contributed by atoms with Crippen LogP contribution in [-0.4, -0.2) is 11.6 Å². The maximum Gasteiger partial charge on any atom is 0.251 e.